The molecule has 0 aliphatic carbocycles. The number of hydrogen-bond acceptors (Lipinski definition) is 6. The van der Waals surface area contributed by atoms with Crippen LogP contribution in [0.15, 0.2) is 212 Å². The summed E-state index contributed by atoms with van der Waals surface area (Å²) in [5.74, 6) is 3.39. The van der Waals surface area contributed by atoms with E-state index in [1.54, 1.807) is 0 Å². The average molecular weight is 806 g/mol. The number of hydrogen-bond donors (Lipinski definition) is 0. The second-order valence-corrected chi connectivity index (χ2v) is 15.5. The molecular formula is C56H35N7. The van der Waals surface area contributed by atoms with Crippen LogP contribution < -0.4 is 0 Å². The molecule has 0 N–H and O–H groups in total. The van der Waals surface area contributed by atoms with E-state index in [9.17, 15) is 0 Å². The summed E-state index contributed by atoms with van der Waals surface area (Å²) in [5, 5.41) is 6.98. The minimum Gasteiger partial charge on any atom is -0.309 e. The van der Waals surface area contributed by atoms with E-state index < -0.39 is 0 Å². The Morgan fingerprint density at radius 1 is 0.254 bits per heavy atom. The van der Waals surface area contributed by atoms with Crippen molar-refractivity contribution in [3.05, 3.63) is 212 Å². The maximum Gasteiger partial charge on any atom is 0.166 e. The van der Waals surface area contributed by atoms with Gasteiger partial charge < -0.3 is 4.57 Å². The van der Waals surface area contributed by atoms with Crippen LogP contribution in [0.2, 0.25) is 0 Å². The Morgan fingerprint density at radius 3 is 1.17 bits per heavy atom. The standard InChI is InChI=1S/C56H35N7/c1-4-17-38(18-5-1)51-58-54(41-31-30-37-29-28-36-16-10-11-23-43(36)46(37)34-41)60-55(59-51)42-32-33-50(63-48-26-14-12-24-44(48)45-25-13-15-27-49(45)63)47(35-42)56-61-52(39-19-6-2-7-20-39)57-53(62-56)40-21-8-3-9-22-40/h1-35H. The van der Waals surface area contributed by atoms with Gasteiger partial charge >= 0.3 is 0 Å². The highest BCUT2D eigenvalue weighted by Gasteiger charge is 2.22. The summed E-state index contributed by atoms with van der Waals surface area (Å²) >= 11 is 0. The molecule has 0 saturated carbocycles. The first kappa shape index (κ1) is 36.2. The van der Waals surface area contributed by atoms with Gasteiger partial charge in [-0.15, -0.1) is 0 Å². The Kier molecular flexibility index (Phi) is 8.67. The molecule has 63 heavy (non-hydrogen) atoms. The van der Waals surface area contributed by atoms with E-state index in [4.69, 9.17) is 29.9 Å². The van der Waals surface area contributed by atoms with Crippen molar-refractivity contribution in [2.45, 2.75) is 0 Å². The van der Waals surface area contributed by atoms with Crippen LogP contribution in [0, 0.1) is 0 Å². The van der Waals surface area contributed by atoms with Crippen molar-refractivity contribution in [1.29, 1.82) is 0 Å². The number of rotatable bonds is 7. The predicted octanol–water partition coefficient (Wildman–Crippen LogP) is 13.5. The van der Waals surface area contributed by atoms with Crippen LogP contribution in [0.5, 0.6) is 0 Å². The predicted molar refractivity (Wildman–Crippen MR) is 255 cm³/mol. The zero-order valence-corrected chi connectivity index (χ0v) is 33.8. The molecule has 0 fully saturated rings. The molecule has 0 unspecified atom stereocenters. The van der Waals surface area contributed by atoms with E-state index in [1.165, 1.54) is 10.8 Å². The molecule has 12 aromatic rings. The number of aromatic nitrogens is 7. The highest BCUT2D eigenvalue weighted by molar-refractivity contribution is 6.10. The molecule has 0 saturated heterocycles. The van der Waals surface area contributed by atoms with Gasteiger partial charge in [-0.1, -0.05) is 176 Å². The molecule has 3 aromatic heterocycles. The van der Waals surface area contributed by atoms with Crippen LogP contribution in [-0.2, 0) is 0 Å². The van der Waals surface area contributed by atoms with Gasteiger partial charge in [0.2, 0.25) is 0 Å². The van der Waals surface area contributed by atoms with Gasteiger partial charge in [-0.25, -0.2) is 29.9 Å². The number of fused-ring (bicyclic) bond motifs is 6. The quantitative estimate of drug-likeness (QED) is 0.149. The topological polar surface area (TPSA) is 82.3 Å². The van der Waals surface area contributed by atoms with Crippen LogP contribution in [-0.4, -0.2) is 34.5 Å². The lowest BCUT2D eigenvalue weighted by Crippen LogP contribution is -2.05. The first-order valence-electron chi connectivity index (χ1n) is 21.0. The van der Waals surface area contributed by atoms with Gasteiger partial charge in [-0.3, -0.25) is 0 Å². The van der Waals surface area contributed by atoms with Gasteiger partial charge in [0.05, 0.1) is 16.7 Å². The highest BCUT2D eigenvalue weighted by Crippen LogP contribution is 2.39. The zero-order valence-electron chi connectivity index (χ0n) is 33.8. The Bertz CT molecular complexity index is 3570. The smallest absolute Gasteiger partial charge is 0.166 e. The molecule has 7 nitrogen and oxygen atoms in total. The molecule has 0 radical (unpaired) electrons. The van der Waals surface area contributed by atoms with Gasteiger partial charge in [-0.05, 0) is 57.9 Å². The lowest BCUT2D eigenvalue weighted by Gasteiger charge is -2.16. The molecule has 0 bridgehead atoms. The molecule has 3 heterocycles. The normalized spacial score (nSPS) is 11.5. The van der Waals surface area contributed by atoms with Crippen molar-refractivity contribution in [1.82, 2.24) is 34.5 Å². The van der Waals surface area contributed by atoms with Crippen LogP contribution in [0.4, 0.5) is 0 Å². The Hall–Kier alpha value is -8.68. The summed E-state index contributed by atoms with van der Waals surface area (Å²) in [4.78, 5) is 31.1. The molecule has 0 aliphatic heterocycles. The largest absolute Gasteiger partial charge is 0.309 e. The molecule has 0 aliphatic rings. The lowest BCUT2D eigenvalue weighted by atomic mass is 10.00. The SMILES string of the molecule is c1ccc(-c2nc(-c3ccc(-n4c5ccccc5c5ccccc54)c(-c4nc(-c5ccccc5)nc(-c5ccccc5)n4)c3)nc(-c3ccc4ccc5ccccc5c4c3)n2)cc1. The first-order valence-corrected chi connectivity index (χ1v) is 21.0. The fourth-order valence-corrected chi connectivity index (χ4v) is 8.65. The summed E-state index contributed by atoms with van der Waals surface area (Å²) in [5.41, 5.74) is 8.25. The number of benzene rings is 9. The second kappa shape index (κ2) is 15.1. The van der Waals surface area contributed by atoms with Crippen LogP contribution in [0.25, 0.3) is 117 Å². The third-order valence-electron chi connectivity index (χ3n) is 11.7. The van der Waals surface area contributed by atoms with Crippen molar-refractivity contribution in [3.8, 4) is 74.0 Å². The Balaban J connectivity index is 1.13. The van der Waals surface area contributed by atoms with Crippen molar-refractivity contribution in [3.63, 3.8) is 0 Å². The third kappa shape index (κ3) is 6.47. The minimum atomic E-state index is 0.528. The molecule has 12 rings (SSSR count). The molecule has 0 spiro atoms. The van der Waals surface area contributed by atoms with Gasteiger partial charge in [0.1, 0.15) is 0 Å². The third-order valence-corrected chi connectivity index (χ3v) is 11.7. The van der Waals surface area contributed by atoms with Crippen LogP contribution >= 0.6 is 0 Å². The van der Waals surface area contributed by atoms with Crippen LogP contribution in [0.3, 0.4) is 0 Å². The van der Waals surface area contributed by atoms with Gasteiger partial charge in [0.25, 0.3) is 0 Å². The van der Waals surface area contributed by atoms with E-state index in [2.05, 4.69) is 126 Å². The van der Waals surface area contributed by atoms with Crippen molar-refractivity contribution in [2.75, 3.05) is 0 Å². The fraction of sp³-hybridized carbons (Fsp3) is 0. The zero-order chi connectivity index (χ0) is 41.7. The molecule has 9 aromatic carbocycles. The molecular weight excluding hydrogens is 771 g/mol. The summed E-state index contributed by atoms with van der Waals surface area (Å²) in [6.07, 6.45) is 0. The van der Waals surface area contributed by atoms with Gasteiger partial charge in [0, 0.05) is 44.2 Å². The first-order chi connectivity index (χ1) is 31.2. The Labute approximate surface area is 362 Å². The van der Waals surface area contributed by atoms with Gasteiger partial charge in [0.15, 0.2) is 34.9 Å². The summed E-state index contributed by atoms with van der Waals surface area (Å²) in [6.45, 7) is 0. The second-order valence-electron chi connectivity index (χ2n) is 15.5. The average Bonchev–Trinajstić information content (AvgIpc) is 3.70. The minimum absolute atomic E-state index is 0.528. The fourth-order valence-electron chi connectivity index (χ4n) is 8.65. The summed E-state index contributed by atoms with van der Waals surface area (Å²) in [7, 11) is 0. The lowest BCUT2D eigenvalue weighted by molar-refractivity contribution is 1.06. The number of para-hydroxylation sites is 2. The van der Waals surface area contributed by atoms with Gasteiger partial charge in [-0.2, -0.15) is 0 Å². The number of nitrogens with zero attached hydrogens (tertiary/aromatic N) is 7. The van der Waals surface area contributed by atoms with E-state index >= 15 is 0 Å². The van der Waals surface area contributed by atoms with E-state index in [0.717, 1.165) is 71.6 Å². The highest BCUT2D eigenvalue weighted by atomic mass is 15.1. The van der Waals surface area contributed by atoms with E-state index in [0.29, 0.717) is 34.9 Å². The molecule has 0 atom stereocenters. The van der Waals surface area contributed by atoms with E-state index in [-0.39, 0.29) is 0 Å². The van der Waals surface area contributed by atoms with E-state index in [1.807, 2.05) is 91.0 Å². The monoisotopic (exact) mass is 805 g/mol. The van der Waals surface area contributed by atoms with Crippen molar-refractivity contribution >= 4 is 43.4 Å². The summed E-state index contributed by atoms with van der Waals surface area (Å²) < 4.78 is 2.31. The molecule has 7 heteroatoms. The van der Waals surface area contributed by atoms with Crippen molar-refractivity contribution in [2.24, 2.45) is 0 Å². The summed E-state index contributed by atoms with van der Waals surface area (Å²) in [6, 6.07) is 72.9. The van der Waals surface area contributed by atoms with Crippen molar-refractivity contribution < 1.29 is 0 Å². The maximum absolute atomic E-state index is 5.26. The maximum atomic E-state index is 5.26. The van der Waals surface area contributed by atoms with Crippen LogP contribution in [0.1, 0.15) is 0 Å². The Morgan fingerprint density at radius 2 is 0.635 bits per heavy atom. The molecule has 294 valence electrons. The molecule has 0 amide bonds.